The Labute approximate surface area is 213 Å². The number of sulfonamides is 1. The summed E-state index contributed by atoms with van der Waals surface area (Å²) in [5.74, 6) is -0.415. The van der Waals surface area contributed by atoms with Crippen LogP contribution in [0.4, 0.5) is 5.69 Å². The lowest BCUT2D eigenvalue weighted by atomic mass is 9.98. The molecule has 1 atom stereocenters. The van der Waals surface area contributed by atoms with Gasteiger partial charge in [-0.15, -0.1) is 0 Å². The molecule has 36 heavy (non-hydrogen) atoms. The summed E-state index contributed by atoms with van der Waals surface area (Å²) in [4.78, 5) is 13.2. The highest BCUT2D eigenvalue weighted by Gasteiger charge is 2.37. The summed E-state index contributed by atoms with van der Waals surface area (Å²) < 4.78 is 34.2. The molecule has 1 aliphatic heterocycles. The van der Waals surface area contributed by atoms with Crippen molar-refractivity contribution in [3.05, 3.63) is 75.7 Å². The molecule has 1 aliphatic rings. The molecule has 4 rings (SSSR count). The number of aromatic nitrogens is 1. The predicted octanol–water partition coefficient (Wildman–Crippen LogP) is 5.43. The van der Waals surface area contributed by atoms with E-state index >= 15 is 0 Å². The van der Waals surface area contributed by atoms with E-state index in [1.54, 1.807) is 13.0 Å². The predicted molar refractivity (Wildman–Crippen MR) is 142 cm³/mol. The van der Waals surface area contributed by atoms with Crippen molar-refractivity contribution in [3.63, 3.8) is 0 Å². The average Bonchev–Trinajstić information content (AvgIpc) is 3.23. The molecule has 1 fully saturated rings. The van der Waals surface area contributed by atoms with Crippen LogP contribution in [0.3, 0.4) is 0 Å². The second-order valence-corrected chi connectivity index (χ2v) is 11.5. The molecule has 3 aromatic rings. The smallest absolute Gasteiger partial charge is 0.248 e. The molecule has 2 aromatic carbocycles. The summed E-state index contributed by atoms with van der Waals surface area (Å²) in [5, 5.41) is 6.97. The fraction of sp³-hybridized carbons (Fsp3) is 0.357. The van der Waals surface area contributed by atoms with E-state index in [-0.39, 0.29) is 23.1 Å². The van der Waals surface area contributed by atoms with Gasteiger partial charge in [0, 0.05) is 18.8 Å². The summed E-state index contributed by atoms with van der Waals surface area (Å²) in [6.45, 7) is 9.99. The van der Waals surface area contributed by atoms with Crippen molar-refractivity contribution < 1.29 is 17.7 Å². The molecular weight excluding hydrogens is 474 g/mol. The van der Waals surface area contributed by atoms with Gasteiger partial charge < -0.3 is 9.84 Å². The number of aryl methyl sites for hydroxylation is 5. The second-order valence-electron chi connectivity index (χ2n) is 9.61. The van der Waals surface area contributed by atoms with Crippen LogP contribution in [0.2, 0.25) is 0 Å². The Kier molecular flexibility index (Phi) is 7.47. The van der Waals surface area contributed by atoms with Crippen LogP contribution in [-0.2, 0) is 14.8 Å². The van der Waals surface area contributed by atoms with E-state index in [1.807, 2.05) is 70.2 Å². The highest BCUT2D eigenvalue weighted by molar-refractivity contribution is 7.89. The molecule has 190 valence electrons. The quantitative estimate of drug-likeness (QED) is 0.481. The highest BCUT2D eigenvalue weighted by Crippen LogP contribution is 2.30. The number of hydrogen-bond acceptors (Lipinski definition) is 5. The molecule has 8 heteroatoms. The summed E-state index contributed by atoms with van der Waals surface area (Å²) in [6.07, 6.45) is 4.73. The molecule has 7 nitrogen and oxygen atoms in total. The van der Waals surface area contributed by atoms with Crippen LogP contribution in [0.1, 0.15) is 52.1 Å². The average molecular weight is 508 g/mol. The van der Waals surface area contributed by atoms with Gasteiger partial charge in [-0.1, -0.05) is 53.2 Å². The fourth-order valence-electron chi connectivity index (χ4n) is 4.64. The number of hydrogen-bond donors (Lipinski definition) is 1. The molecule has 1 aromatic heterocycles. The molecule has 0 radical (unpaired) electrons. The number of carbonyl (C=O) groups excluding carboxylic acids is 1. The Morgan fingerprint density at radius 3 is 2.50 bits per heavy atom. The van der Waals surface area contributed by atoms with Gasteiger partial charge >= 0.3 is 0 Å². The van der Waals surface area contributed by atoms with Gasteiger partial charge in [-0.25, -0.2) is 8.42 Å². The van der Waals surface area contributed by atoms with Gasteiger partial charge in [-0.05, 0) is 75.8 Å². The first kappa shape index (κ1) is 25.9. The topological polar surface area (TPSA) is 92.5 Å². The zero-order chi connectivity index (χ0) is 26.0. The summed E-state index contributed by atoms with van der Waals surface area (Å²) in [7, 11) is -3.91. The molecule has 1 amide bonds. The van der Waals surface area contributed by atoms with Gasteiger partial charge in [0.2, 0.25) is 15.9 Å². The zero-order valence-corrected chi connectivity index (χ0v) is 22.3. The number of piperidine rings is 1. The van der Waals surface area contributed by atoms with Crippen LogP contribution in [-0.4, -0.2) is 36.9 Å². The maximum atomic E-state index is 13.7. The summed E-state index contributed by atoms with van der Waals surface area (Å²) in [5.41, 5.74) is 6.21. The molecule has 1 unspecified atom stereocenters. The largest absolute Gasteiger partial charge is 0.355 e. The number of carbonyl (C=O) groups is 1. The minimum absolute atomic E-state index is 0.0554. The monoisotopic (exact) mass is 507 g/mol. The summed E-state index contributed by atoms with van der Waals surface area (Å²) in [6, 6.07) is 11.9. The Balaban J connectivity index is 1.57. The number of benzene rings is 2. The van der Waals surface area contributed by atoms with Crippen molar-refractivity contribution in [1.82, 2.24) is 9.46 Å². The molecule has 0 spiro atoms. The maximum Gasteiger partial charge on any atom is 0.248 e. The first-order valence-electron chi connectivity index (χ1n) is 12.2. The lowest BCUT2D eigenvalue weighted by molar-refractivity contribution is -0.120. The minimum atomic E-state index is -3.91. The van der Waals surface area contributed by atoms with E-state index in [0.29, 0.717) is 25.1 Å². The number of anilines is 1. The Hall–Kier alpha value is -3.23. The zero-order valence-electron chi connectivity index (χ0n) is 21.5. The van der Waals surface area contributed by atoms with E-state index in [1.165, 1.54) is 4.31 Å². The fourth-order valence-corrected chi connectivity index (χ4v) is 6.42. The molecule has 0 aliphatic carbocycles. The van der Waals surface area contributed by atoms with Gasteiger partial charge in [0.05, 0.1) is 5.92 Å². The molecular formula is C28H33N3O4S. The number of nitrogens with zero attached hydrogens (tertiary/aromatic N) is 2. The summed E-state index contributed by atoms with van der Waals surface area (Å²) >= 11 is 0. The van der Waals surface area contributed by atoms with Gasteiger partial charge in [0.15, 0.2) is 10.7 Å². The highest BCUT2D eigenvalue weighted by atomic mass is 32.2. The number of rotatable bonds is 6. The van der Waals surface area contributed by atoms with Crippen LogP contribution in [0.5, 0.6) is 0 Å². The molecule has 0 saturated carbocycles. The van der Waals surface area contributed by atoms with E-state index in [9.17, 15) is 13.2 Å². The van der Waals surface area contributed by atoms with Crippen LogP contribution < -0.4 is 5.32 Å². The Morgan fingerprint density at radius 1 is 1.06 bits per heavy atom. The molecule has 1 N–H and O–H groups in total. The third-order valence-electron chi connectivity index (χ3n) is 6.76. The lowest BCUT2D eigenvalue weighted by Crippen LogP contribution is -2.44. The van der Waals surface area contributed by atoms with Crippen molar-refractivity contribution in [2.24, 2.45) is 5.92 Å². The van der Waals surface area contributed by atoms with E-state index in [2.05, 4.69) is 10.5 Å². The second kappa shape index (κ2) is 10.4. The lowest BCUT2D eigenvalue weighted by Gasteiger charge is -2.31. The van der Waals surface area contributed by atoms with Gasteiger partial charge in [0.1, 0.15) is 5.69 Å². The molecule has 1 saturated heterocycles. The first-order valence-corrected chi connectivity index (χ1v) is 13.6. The van der Waals surface area contributed by atoms with Crippen molar-refractivity contribution in [2.75, 3.05) is 18.4 Å². The van der Waals surface area contributed by atoms with E-state index in [4.69, 9.17) is 4.52 Å². The van der Waals surface area contributed by atoms with Crippen molar-refractivity contribution in [3.8, 4) is 0 Å². The van der Waals surface area contributed by atoms with Crippen LogP contribution in [0.25, 0.3) is 12.2 Å². The Morgan fingerprint density at radius 2 is 1.78 bits per heavy atom. The van der Waals surface area contributed by atoms with Gasteiger partial charge in [-0.2, -0.15) is 4.31 Å². The van der Waals surface area contributed by atoms with Crippen LogP contribution >= 0.6 is 0 Å². The third-order valence-corrected chi connectivity index (χ3v) is 8.79. The normalized spacial score (nSPS) is 17.0. The number of nitrogens with one attached hydrogen (secondary N) is 1. The van der Waals surface area contributed by atoms with Crippen molar-refractivity contribution >= 4 is 33.8 Å². The Bertz CT molecular complexity index is 1400. The van der Waals surface area contributed by atoms with Gasteiger partial charge in [-0.3, -0.25) is 4.79 Å². The standard InChI is InChI=1S/C28H33N3O4S/c1-18-11-12-19(2)23(16-18)13-14-25-27(22(5)30-35-25)36(33,34)31-15-7-10-24(17-31)28(32)29-26-20(3)8-6-9-21(26)4/h6,8-9,11-14,16,24H,7,10,15,17H2,1-5H3,(H,29,32)/b14-13+. The number of para-hydroxylation sites is 1. The van der Waals surface area contributed by atoms with E-state index < -0.39 is 15.9 Å². The van der Waals surface area contributed by atoms with E-state index in [0.717, 1.165) is 33.5 Å². The SMILES string of the molecule is Cc1ccc(C)c(/C=C/c2onc(C)c2S(=O)(=O)N2CCCC(C(=O)Nc3c(C)cccc3C)C2)c1. The molecule has 0 bridgehead atoms. The first-order chi connectivity index (χ1) is 17.1. The van der Waals surface area contributed by atoms with Crippen LogP contribution in [0, 0.1) is 40.5 Å². The van der Waals surface area contributed by atoms with Crippen molar-refractivity contribution in [1.29, 1.82) is 0 Å². The minimum Gasteiger partial charge on any atom is -0.355 e. The molecule has 2 heterocycles. The van der Waals surface area contributed by atoms with Crippen LogP contribution in [0.15, 0.2) is 45.8 Å². The van der Waals surface area contributed by atoms with Gasteiger partial charge in [0.25, 0.3) is 0 Å². The maximum absolute atomic E-state index is 13.7. The third kappa shape index (κ3) is 5.29. The number of amides is 1. The van der Waals surface area contributed by atoms with Crippen molar-refractivity contribution in [2.45, 2.75) is 52.4 Å².